The van der Waals surface area contributed by atoms with Gasteiger partial charge < -0.3 is 4.90 Å². The summed E-state index contributed by atoms with van der Waals surface area (Å²) in [6.07, 6.45) is 2.13. The van der Waals surface area contributed by atoms with E-state index in [1.54, 1.807) is 0 Å². The summed E-state index contributed by atoms with van der Waals surface area (Å²) in [6, 6.07) is 3.53. The average Bonchev–Trinajstić information content (AvgIpc) is 2.30. The van der Waals surface area contributed by atoms with Crippen molar-refractivity contribution < 1.29 is 14.1 Å². The van der Waals surface area contributed by atoms with Crippen molar-refractivity contribution in [1.29, 1.82) is 0 Å². The second-order valence-corrected chi connectivity index (χ2v) is 3.90. The molecule has 0 spiro atoms. The number of nitro groups is 1. The van der Waals surface area contributed by atoms with Gasteiger partial charge in [-0.2, -0.15) is 4.39 Å². The largest absolute Gasteiger partial charge is 0.312 e. The standard InChI is InChI=1S/C11H11FN2O3/c12-9-5-4-8(7-10(9)14(16)17)13-6-2-1-3-11(13)15/h4-5,7H,1-3,6H2. The van der Waals surface area contributed by atoms with E-state index in [2.05, 4.69) is 0 Å². The van der Waals surface area contributed by atoms with Crippen molar-refractivity contribution in [3.63, 3.8) is 0 Å². The minimum Gasteiger partial charge on any atom is -0.312 e. The van der Waals surface area contributed by atoms with Gasteiger partial charge in [0.1, 0.15) is 0 Å². The van der Waals surface area contributed by atoms with E-state index in [4.69, 9.17) is 0 Å². The van der Waals surface area contributed by atoms with Crippen molar-refractivity contribution in [2.45, 2.75) is 19.3 Å². The number of nitro benzene ring substituents is 1. The summed E-state index contributed by atoms with van der Waals surface area (Å²) in [5, 5.41) is 10.6. The van der Waals surface area contributed by atoms with Gasteiger partial charge in [0.25, 0.3) is 0 Å². The molecule has 0 radical (unpaired) electrons. The summed E-state index contributed by atoms with van der Waals surface area (Å²) in [4.78, 5) is 22.9. The smallest absolute Gasteiger partial charge is 0.306 e. The van der Waals surface area contributed by atoms with Gasteiger partial charge in [0.05, 0.1) is 10.6 Å². The molecule has 0 bridgehead atoms. The Balaban J connectivity index is 2.35. The zero-order valence-corrected chi connectivity index (χ0v) is 9.06. The first-order valence-electron chi connectivity index (χ1n) is 5.34. The van der Waals surface area contributed by atoms with Crippen LogP contribution in [0.3, 0.4) is 0 Å². The number of hydrogen-bond donors (Lipinski definition) is 0. The summed E-state index contributed by atoms with van der Waals surface area (Å²) in [7, 11) is 0. The van der Waals surface area contributed by atoms with Crippen LogP contribution < -0.4 is 4.90 Å². The van der Waals surface area contributed by atoms with E-state index in [1.807, 2.05) is 0 Å². The highest BCUT2D eigenvalue weighted by molar-refractivity contribution is 5.94. The molecule has 1 aliphatic rings. The van der Waals surface area contributed by atoms with Gasteiger partial charge in [-0.15, -0.1) is 0 Å². The highest BCUT2D eigenvalue weighted by Gasteiger charge is 2.23. The second-order valence-electron chi connectivity index (χ2n) is 3.90. The van der Waals surface area contributed by atoms with Crippen LogP contribution in [0.2, 0.25) is 0 Å². The maximum Gasteiger partial charge on any atom is 0.306 e. The Kier molecular flexibility index (Phi) is 3.03. The molecule has 1 aromatic rings. The lowest BCUT2D eigenvalue weighted by molar-refractivity contribution is -0.387. The average molecular weight is 238 g/mol. The molecule has 0 atom stereocenters. The lowest BCUT2D eigenvalue weighted by Gasteiger charge is -2.26. The van der Waals surface area contributed by atoms with Crippen LogP contribution in [0.5, 0.6) is 0 Å². The molecule has 1 fully saturated rings. The van der Waals surface area contributed by atoms with Crippen LogP contribution in [0.25, 0.3) is 0 Å². The SMILES string of the molecule is O=C1CCCCN1c1ccc(F)c([N+](=O)[O-])c1. The van der Waals surface area contributed by atoms with Crippen LogP contribution >= 0.6 is 0 Å². The predicted molar refractivity (Wildman–Crippen MR) is 59.3 cm³/mol. The molecule has 5 nitrogen and oxygen atoms in total. The number of piperidine rings is 1. The molecule has 1 heterocycles. The molecule has 17 heavy (non-hydrogen) atoms. The number of nitrogens with zero attached hydrogens (tertiary/aromatic N) is 2. The van der Waals surface area contributed by atoms with Gasteiger partial charge in [-0.05, 0) is 25.0 Å². The zero-order valence-electron chi connectivity index (χ0n) is 9.06. The molecular weight excluding hydrogens is 227 g/mol. The number of carbonyl (C=O) groups excluding carboxylic acids is 1. The third-order valence-corrected chi connectivity index (χ3v) is 2.76. The Morgan fingerprint density at radius 1 is 1.35 bits per heavy atom. The van der Waals surface area contributed by atoms with Crippen molar-refractivity contribution >= 4 is 17.3 Å². The van der Waals surface area contributed by atoms with Gasteiger partial charge in [0, 0.05) is 19.0 Å². The molecule has 2 rings (SSSR count). The Bertz CT molecular complexity index is 476. The predicted octanol–water partition coefficient (Wildman–Crippen LogP) is 2.25. The third-order valence-electron chi connectivity index (χ3n) is 2.76. The molecule has 0 aliphatic carbocycles. The minimum atomic E-state index is -0.886. The van der Waals surface area contributed by atoms with Gasteiger partial charge >= 0.3 is 5.69 Å². The highest BCUT2D eigenvalue weighted by Crippen LogP contribution is 2.27. The van der Waals surface area contributed by atoms with Crippen LogP contribution in [-0.2, 0) is 4.79 Å². The first-order chi connectivity index (χ1) is 8.09. The van der Waals surface area contributed by atoms with E-state index in [1.165, 1.54) is 11.0 Å². The van der Waals surface area contributed by atoms with Crippen molar-refractivity contribution in [2.75, 3.05) is 11.4 Å². The molecule has 0 aromatic heterocycles. The third kappa shape index (κ3) is 2.25. The van der Waals surface area contributed by atoms with E-state index in [-0.39, 0.29) is 5.91 Å². The molecule has 0 unspecified atom stereocenters. The van der Waals surface area contributed by atoms with Gasteiger partial charge in [-0.3, -0.25) is 14.9 Å². The highest BCUT2D eigenvalue weighted by atomic mass is 19.1. The van der Waals surface area contributed by atoms with E-state index in [0.29, 0.717) is 18.7 Å². The molecule has 6 heteroatoms. The summed E-state index contributed by atoms with van der Waals surface area (Å²) < 4.78 is 13.1. The van der Waals surface area contributed by atoms with Crippen molar-refractivity contribution in [2.24, 2.45) is 0 Å². The number of amides is 1. The van der Waals surface area contributed by atoms with E-state index >= 15 is 0 Å². The summed E-state index contributed by atoms with van der Waals surface area (Å²) in [5.41, 5.74) is -0.205. The summed E-state index contributed by atoms with van der Waals surface area (Å²) >= 11 is 0. The van der Waals surface area contributed by atoms with Gasteiger partial charge in [-0.25, -0.2) is 0 Å². The topological polar surface area (TPSA) is 63.5 Å². The van der Waals surface area contributed by atoms with Crippen LogP contribution in [0.4, 0.5) is 15.8 Å². The fourth-order valence-electron chi connectivity index (χ4n) is 1.89. The summed E-state index contributed by atoms with van der Waals surface area (Å²) in [6.45, 7) is 0.529. The van der Waals surface area contributed by atoms with E-state index in [0.717, 1.165) is 25.0 Å². The molecular formula is C11H11FN2O3. The zero-order chi connectivity index (χ0) is 12.4. The Labute approximate surface area is 97.0 Å². The monoisotopic (exact) mass is 238 g/mol. The minimum absolute atomic E-state index is 0.0721. The van der Waals surface area contributed by atoms with Crippen molar-refractivity contribution in [3.05, 3.63) is 34.1 Å². The number of halogens is 1. The number of rotatable bonds is 2. The second kappa shape index (κ2) is 4.48. The first kappa shape index (κ1) is 11.5. The number of anilines is 1. The van der Waals surface area contributed by atoms with Crippen molar-refractivity contribution in [3.8, 4) is 0 Å². The lowest BCUT2D eigenvalue weighted by atomic mass is 10.1. The Morgan fingerprint density at radius 2 is 2.12 bits per heavy atom. The fraction of sp³-hybridized carbons (Fsp3) is 0.364. The summed E-state index contributed by atoms with van der Waals surface area (Å²) in [5.74, 6) is -0.958. The van der Waals surface area contributed by atoms with Crippen LogP contribution in [0, 0.1) is 15.9 Å². The van der Waals surface area contributed by atoms with E-state index in [9.17, 15) is 19.3 Å². The molecule has 1 aliphatic heterocycles. The quantitative estimate of drug-likeness (QED) is 0.586. The molecule has 1 saturated heterocycles. The number of carbonyl (C=O) groups is 1. The maximum absolute atomic E-state index is 13.1. The van der Waals surface area contributed by atoms with Gasteiger partial charge in [0.15, 0.2) is 0 Å². The van der Waals surface area contributed by atoms with Crippen LogP contribution in [-0.4, -0.2) is 17.4 Å². The van der Waals surface area contributed by atoms with Crippen LogP contribution in [0.15, 0.2) is 18.2 Å². The van der Waals surface area contributed by atoms with Gasteiger partial charge in [-0.1, -0.05) is 0 Å². The number of hydrogen-bond acceptors (Lipinski definition) is 3. The van der Waals surface area contributed by atoms with Crippen molar-refractivity contribution in [1.82, 2.24) is 0 Å². The molecule has 0 saturated carbocycles. The molecule has 0 N–H and O–H groups in total. The Morgan fingerprint density at radius 3 is 2.76 bits per heavy atom. The molecule has 90 valence electrons. The number of benzene rings is 1. The molecule has 1 amide bonds. The lowest BCUT2D eigenvalue weighted by Crippen LogP contribution is -2.35. The maximum atomic E-state index is 13.1. The Hall–Kier alpha value is -1.98. The van der Waals surface area contributed by atoms with E-state index < -0.39 is 16.4 Å². The van der Waals surface area contributed by atoms with Crippen LogP contribution in [0.1, 0.15) is 19.3 Å². The molecule has 1 aromatic carbocycles. The fourth-order valence-corrected chi connectivity index (χ4v) is 1.89. The normalized spacial score (nSPS) is 16.1. The van der Waals surface area contributed by atoms with Gasteiger partial charge in [0.2, 0.25) is 11.7 Å². The first-order valence-corrected chi connectivity index (χ1v) is 5.34.